The van der Waals surface area contributed by atoms with E-state index < -0.39 is 0 Å². The number of carbonyl (C=O) groups excluding carboxylic acids is 1. The van der Waals surface area contributed by atoms with Crippen LogP contribution in [0.4, 0.5) is 5.00 Å². The number of nitrogens with zero attached hydrogens (tertiary/aromatic N) is 2. The zero-order valence-electron chi connectivity index (χ0n) is 17.2. The highest BCUT2D eigenvalue weighted by atomic mass is 32.1. The summed E-state index contributed by atoms with van der Waals surface area (Å²) in [5.74, 6) is 1.79. The summed E-state index contributed by atoms with van der Waals surface area (Å²) in [7, 11) is 0. The highest BCUT2D eigenvalue weighted by Gasteiger charge is 2.24. The molecule has 2 heterocycles. The van der Waals surface area contributed by atoms with E-state index in [1.165, 1.54) is 16.2 Å². The minimum Gasteiger partial charge on any atom is -0.489 e. The van der Waals surface area contributed by atoms with E-state index in [4.69, 9.17) is 9.26 Å². The van der Waals surface area contributed by atoms with Gasteiger partial charge in [-0.3, -0.25) is 4.79 Å². The summed E-state index contributed by atoms with van der Waals surface area (Å²) < 4.78 is 10.9. The molecular formula is C23H23N3O3S. The van der Waals surface area contributed by atoms with Gasteiger partial charge in [0.1, 0.15) is 29.2 Å². The van der Waals surface area contributed by atoms with Gasteiger partial charge in [-0.1, -0.05) is 12.1 Å². The molecule has 1 aromatic carbocycles. The van der Waals surface area contributed by atoms with Crippen LogP contribution in [0.15, 0.2) is 28.8 Å². The molecule has 1 aliphatic carbocycles. The summed E-state index contributed by atoms with van der Waals surface area (Å²) in [5.41, 5.74) is 3.98. The molecule has 0 radical (unpaired) electrons. The summed E-state index contributed by atoms with van der Waals surface area (Å²) in [6, 6.07) is 9.26. The number of anilines is 1. The first-order chi connectivity index (χ1) is 14.5. The third kappa shape index (κ3) is 3.96. The Morgan fingerprint density at radius 1 is 1.37 bits per heavy atom. The number of rotatable bonds is 5. The van der Waals surface area contributed by atoms with Crippen LogP contribution in [-0.4, -0.2) is 11.1 Å². The molecule has 0 bridgehead atoms. The Labute approximate surface area is 179 Å². The van der Waals surface area contributed by atoms with Gasteiger partial charge in [0, 0.05) is 10.4 Å². The van der Waals surface area contributed by atoms with E-state index in [2.05, 4.69) is 23.5 Å². The van der Waals surface area contributed by atoms with Gasteiger partial charge in [0.25, 0.3) is 5.91 Å². The van der Waals surface area contributed by atoms with Gasteiger partial charge in [-0.05, 0) is 68.9 Å². The molecule has 0 fully saturated rings. The number of amides is 1. The first kappa shape index (κ1) is 20.2. The fraction of sp³-hybridized carbons (Fsp3) is 0.348. The van der Waals surface area contributed by atoms with E-state index in [-0.39, 0.29) is 5.91 Å². The van der Waals surface area contributed by atoms with Crippen LogP contribution in [0.3, 0.4) is 0 Å². The second-order valence-corrected chi connectivity index (χ2v) is 8.84. The fourth-order valence-corrected chi connectivity index (χ4v) is 5.05. The normalized spacial score (nSPS) is 15.3. The van der Waals surface area contributed by atoms with Crippen molar-refractivity contribution in [2.24, 2.45) is 5.92 Å². The second-order valence-electron chi connectivity index (χ2n) is 7.74. The largest absolute Gasteiger partial charge is 0.489 e. The molecule has 0 spiro atoms. The molecule has 0 unspecified atom stereocenters. The first-order valence-electron chi connectivity index (χ1n) is 9.96. The van der Waals surface area contributed by atoms with Crippen molar-refractivity contribution in [1.29, 1.82) is 5.26 Å². The van der Waals surface area contributed by atoms with Gasteiger partial charge in [-0.2, -0.15) is 5.26 Å². The van der Waals surface area contributed by atoms with Crippen LogP contribution in [0.1, 0.15) is 56.7 Å². The number of hydrogen-bond acceptors (Lipinski definition) is 6. The predicted molar refractivity (Wildman–Crippen MR) is 115 cm³/mol. The highest BCUT2D eigenvalue weighted by Crippen LogP contribution is 2.39. The molecule has 0 aliphatic heterocycles. The molecule has 1 amide bonds. The standard InChI is InChI=1S/C23H23N3O3S/c1-13-4-9-18-19(11-24)23(30-21(18)10-13)25-22(27)16-5-7-17(8-6-16)28-12-20-14(2)26-29-15(20)3/h5-8,13H,4,9-10,12H2,1-3H3,(H,25,27)/t13-/m0/s1. The molecule has 1 aliphatic rings. The molecule has 3 aromatic rings. The Morgan fingerprint density at radius 3 is 2.80 bits per heavy atom. The van der Waals surface area contributed by atoms with Crippen molar-refractivity contribution in [3.05, 3.63) is 62.9 Å². The van der Waals surface area contributed by atoms with Gasteiger partial charge in [0.15, 0.2) is 0 Å². The van der Waals surface area contributed by atoms with Crippen LogP contribution < -0.4 is 10.1 Å². The molecular weight excluding hydrogens is 398 g/mol. The van der Waals surface area contributed by atoms with Crippen LogP contribution in [0.2, 0.25) is 0 Å². The van der Waals surface area contributed by atoms with Crippen LogP contribution in [0.25, 0.3) is 0 Å². The van der Waals surface area contributed by atoms with Crippen LogP contribution in [-0.2, 0) is 19.4 Å². The Bertz CT molecular complexity index is 1100. The molecule has 1 N–H and O–H groups in total. The summed E-state index contributed by atoms with van der Waals surface area (Å²) in [6.07, 6.45) is 2.96. The number of ether oxygens (including phenoxy) is 1. The number of carbonyl (C=O) groups is 1. The van der Waals surface area contributed by atoms with Gasteiger partial charge in [-0.25, -0.2) is 0 Å². The Kier molecular flexibility index (Phi) is 5.60. The van der Waals surface area contributed by atoms with Crippen molar-refractivity contribution in [3.63, 3.8) is 0 Å². The summed E-state index contributed by atoms with van der Waals surface area (Å²) in [4.78, 5) is 14.0. The SMILES string of the molecule is Cc1noc(C)c1COc1ccc(C(=O)Nc2sc3c(c2C#N)CC[C@H](C)C3)cc1. The van der Waals surface area contributed by atoms with Gasteiger partial charge in [-0.15, -0.1) is 11.3 Å². The second kappa shape index (κ2) is 8.33. The molecule has 2 aromatic heterocycles. The van der Waals surface area contributed by atoms with Gasteiger partial charge in [0.05, 0.1) is 16.8 Å². The molecule has 154 valence electrons. The maximum absolute atomic E-state index is 12.7. The van der Waals surface area contributed by atoms with E-state index in [0.717, 1.165) is 41.8 Å². The van der Waals surface area contributed by atoms with Crippen LogP contribution in [0.5, 0.6) is 5.75 Å². The van der Waals surface area contributed by atoms with E-state index in [1.54, 1.807) is 24.3 Å². The van der Waals surface area contributed by atoms with Crippen molar-refractivity contribution in [2.75, 3.05) is 5.32 Å². The van der Waals surface area contributed by atoms with Gasteiger partial charge < -0.3 is 14.6 Å². The van der Waals surface area contributed by atoms with Gasteiger partial charge in [0.2, 0.25) is 0 Å². The third-order valence-electron chi connectivity index (χ3n) is 5.53. The third-order valence-corrected chi connectivity index (χ3v) is 6.70. The smallest absolute Gasteiger partial charge is 0.256 e. The molecule has 6 nitrogen and oxygen atoms in total. The number of hydrogen-bond donors (Lipinski definition) is 1. The lowest BCUT2D eigenvalue weighted by atomic mass is 9.88. The molecule has 0 saturated heterocycles. The summed E-state index contributed by atoms with van der Waals surface area (Å²) in [5, 5.41) is 17.1. The van der Waals surface area contributed by atoms with Crippen molar-refractivity contribution in [2.45, 2.75) is 46.6 Å². The van der Waals surface area contributed by atoms with E-state index in [9.17, 15) is 10.1 Å². The van der Waals surface area contributed by atoms with Crippen molar-refractivity contribution < 1.29 is 14.1 Å². The molecule has 1 atom stereocenters. The number of fused-ring (bicyclic) bond motifs is 1. The zero-order chi connectivity index (χ0) is 21.3. The lowest BCUT2D eigenvalue weighted by Gasteiger charge is -2.17. The average molecular weight is 422 g/mol. The average Bonchev–Trinajstić information content (AvgIpc) is 3.24. The fourth-order valence-electron chi connectivity index (χ4n) is 3.70. The van der Waals surface area contributed by atoms with Crippen LogP contribution in [0, 0.1) is 31.1 Å². The van der Waals surface area contributed by atoms with E-state index in [0.29, 0.717) is 34.4 Å². The maximum atomic E-state index is 12.7. The molecule has 30 heavy (non-hydrogen) atoms. The van der Waals surface area contributed by atoms with E-state index >= 15 is 0 Å². The number of aryl methyl sites for hydroxylation is 2. The maximum Gasteiger partial charge on any atom is 0.256 e. The Morgan fingerprint density at radius 2 is 2.13 bits per heavy atom. The molecule has 4 rings (SSSR count). The lowest BCUT2D eigenvalue weighted by molar-refractivity contribution is 0.102. The number of nitrogens with one attached hydrogen (secondary N) is 1. The minimum absolute atomic E-state index is 0.226. The Hall–Kier alpha value is -3.11. The molecule has 0 saturated carbocycles. The first-order valence-corrected chi connectivity index (χ1v) is 10.8. The van der Waals surface area contributed by atoms with Gasteiger partial charge >= 0.3 is 0 Å². The number of nitriles is 1. The summed E-state index contributed by atoms with van der Waals surface area (Å²) >= 11 is 1.53. The lowest BCUT2D eigenvalue weighted by Crippen LogP contribution is -2.12. The monoisotopic (exact) mass is 421 g/mol. The Balaban J connectivity index is 1.44. The van der Waals surface area contributed by atoms with Crippen molar-refractivity contribution in [1.82, 2.24) is 5.16 Å². The number of benzene rings is 1. The van der Waals surface area contributed by atoms with E-state index in [1.807, 2.05) is 13.8 Å². The zero-order valence-corrected chi connectivity index (χ0v) is 18.1. The quantitative estimate of drug-likeness (QED) is 0.613. The topological polar surface area (TPSA) is 88.2 Å². The minimum atomic E-state index is -0.226. The number of aromatic nitrogens is 1. The number of thiophene rings is 1. The van der Waals surface area contributed by atoms with Crippen LogP contribution >= 0.6 is 11.3 Å². The predicted octanol–water partition coefficient (Wildman–Crippen LogP) is 5.18. The molecule has 7 heteroatoms. The summed E-state index contributed by atoms with van der Waals surface area (Å²) in [6.45, 7) is 6.31. The highest BCUT2D eigenvalue weighted by molar-refractivity contribution is 7.16. The van der Waals surface area contributed by atoms with Crippen molar-refractivity contribution in [3.8, 4) is 11.8 Å². The van der Waals surface area contributed by atoms with Crippen molar-refractivity contribution >= 4 is 22.2 Å².